The van der Waals surface area contributed by atoms with Crippen LogP contribution in [0.1, 0.15) is 58.8 Å². The minimum atomic E-state index is -0.124. The molecular formula is C47H38BrN. The van der Waals surface area contributed by atoms with Crippen LogP contribution in [-0.4, -0.2) is 4.57 Å². The van der Waals surface area contributed by atoms with Gasteiger partial charge in [0.1, 0.15) is 0 Å². The van der Waals surface area contributed by atoms with Crippen molar-refractivity contribution < 1.29 is 0 Å². The van der Waals surface area contributed by atoms with Crippen LogP contribution in [0.3, 0.4) is 0 Å². The van der Waals surface area contributed by atoms with Gasteiger partial charge in [0.2, 0.25) is 0 Å². The Balaban J connectivity index is 1.08. The number of rotatable bonds is 5. The first-order valence-electron chi connectivity index (χ1n) is 17.3. The Morgan fingerprint density at radius 3 is 2.29 bits per heavy atom. The molecule has 0 N–H and O–H groups in total. The first kappa shape index (κ1) is 30.2. The molecule has 1 heterocycles. The van der Waals surface area contributed by atoms with Crippen molar-refractivity contribution in [1.29, 1.82) is 0 Å². The molecule has 0 amide bonds. The molecule has 2 aliphatic rings. The van der Waals surface area contributed by atoms with Crippen LogP contribution in [0.15, 0.2) is 151 Å². The fraction of sp³-hybridized carbons (Fsp3) is 0.149. The molecule has 49 heavy (non-hydrogen) atoms. The number of nitrogens with zero attached hydrogens (tertiary/aromatic N) is 1. The highest BCUT2D eigenvalue weighted by Gasteiger charge is 2.33. The maximum absolute atomic E-state index is 4.16. The summed E-state index contributed by atoms with van der Waals surface area (Å²) in [5.74, 6) is 0.424. The van der Waals surface area contributed by atoms with E-state index in [4.69, 9.17) is 0 Å². The average Bonchev–Trinajstić information content (AvgIpc) is 3.47. The van der Waals surface area contributed by atoms with Gasteiger partial charge in [-0.05, 0) is 92.9 Å². The van der Waals surface area contributed by atoms with Crippen molar-refractivity contribution in [1.82, 2.24) is 4.57 Å². The van der Waals surface area contributed by atoms with Crippen molar-refractivity contribution >= 4 is 60.3 Å². The van der Waals surface area contributed by atoms with Crippen molar-refractivity contribution in [3.8, 4) is 11.1 Å². The number of hydrogen-bond donors (Lipinski definition) is 0. The third kappa shape index (κ3) is 4.88. The molecule has 0 aliphatic heterocycles. The molecule has 0 saturated heterocycles. The fourth-order valence-corrected chi connectivity index (χ4v) is 9.14. The molecule has 1 nitrogen and oxygen atoms in total. The Morgan fingerprint density at radius 1 is 0.694 bits per heavy atom. The van der Waals surface area contributed by atoms with Gasteiger partial charge in [-0.15, -0.1) is 0 Å². The zero-order valence-corrected chi connectivity index (χ0v) is 29.7. The van der Waals surface area contributed by atoms with E-state index in [2.05, 4.69) is 193 Å². The highest BCUT2D eigenvalue weighted by molar-refractivity contribution is 9.09. The summed E-state index contributed by atoms with van der Waals surface area (Å²) in [6.45, 7) is 6.98. The molecule has 7 aromatic rings. The molecule has 0 spiro atoms. The van der Waals surface area contributed by atoms with Crippen LogP contribution in [0.2, 0.25) is 0 Å². The largest absolute Gasteiger partial charge is 0.310 e. The van der Waals surface area contributed by atoms with Gasteiger partial charge in [0, 0.05) is 32.6 Å². The van der Waals surface area contributed by atoms with E-state index in [1.807, 2.05) is 0 Å². The highest BCUT2D eigenvalue weighted by atomic mass is 79.9. The number of aromatic nitrogens is 1. The number of aryl methyl sites for hydroxylation is 1. The SMILES string of the molecule is Cc1cc(-c2ccc3c(c2)c2ccccc2n3C2=CCC3C(=C2)C=Cc2ccccc23)ccc1C(C)(C)C(Br)c1cccc2ccccc12. The minimum Gasteiger partial charge on any atom is -0.310 e. The van der Waals surface area contributed by atoms with E-state index in [-0.39, 0.29) is 10.2 Å². The van der Waals surface area contributed by atoms with Crippen LogP contribution in [0.5, 0.6) is 0 Å². The second kappa shape index (κ2) is 11.6. The zero-order chi connectivity index (χ0) is 33.3. The Hall–Kier alpha value is -4.92. The second-order valence-electron chi connectivity index (χ2n) is 14.3. The van der Waals surface area contributed by atoms with Gasteiger partial charge in [-0.2, -0.15) is 0 Å². The summed E-state index contributed by atoms with van der Waals surface area (Å²) in [6.07, 6.45) is 10.4. The van der Waals surface area contributed by atoms with Gasteiger partial charge in [0.15, 0.2) is 0 Å². The number of hydrogen-bond acceptors (Lipinski definition) is 0. The van der Waals surface area contributed by atoms with Gasteiger partial charge >= 0.3 is 0 Å². The predicted molar refractivity (Wildman–Crippen MR) is 213 cm³/mol. The van der Waals surface area contributed by atoms with Crippen molar-refractivity contribution in [2.24, 2.45) is 0 Å². The van der Waals surface area contributed by atoms with Gasteiger partial charge in [0.25, 0.3) is 0 Å². The summed E-state index contributed by atoms with van der Waals surface area (Å²) < 4.78 is 2.46. The monoisotopic (exact) mass is 695 g/mol. The normalized spacial score (nSPS) is 16.4. The number of benzene rings is 6. The van der Waals surface area contributed by atoms with Crippen LogP contribution in [0.25, 0.3) is 55.5 Å². The first-order valence-corrected chi connectivity index (χ1v) is 18.3. The van der Waals surface area contributed by atoms with Crippen molar-refractivity contribution in [3.63, 3.8) is 0 Å². The van der Waals surface area contributed by atoms with Crippen molar-refractivity contribution in [2.45, 2.75) is 43.4 Å². The number of allylic oxidation sites excluding steroid dienone is 5. The minimum absolute atomic E-state index is 0.124. The molecule has 2 aliphatic carbocycles. The lowest BCUT2D eigenvalue weighted by Gasteiger charge is -2.33. The standard InChI is InChI=1S/C47H38BrN/c1-30-27-33(21-25-43(30)47(2,3)46(48)41-17-10-13-31-11-4-7-15-38(31)41)34-22-26-45-42(29-34)40-16-8-9-18-44(40)49(45)36-23-24-39-35(28-36)20-19-32-12-5-6-14-37(32)39/h4-23,25-29,39,46H,24H2,1-3H3. The third-order valence-electron chi connectivity index (χ3n) is 11.0. The maximum Gasteiger partial charge on any atom is 0.0541 e. The lowest BCUT2D eigenvalue weighted by atomic mass is 9.76. The molecule has 2 atom stereocenters. The Morgan fingerprint density at radius 2 is 1.41 bits per heavy atom. The summed E-state index contributed by atoms with van der Waals surface area (Å²) >= 11 is 4.16. The summed E-state index contributed by atoms with van der Waals surface area (Å²) in [7, 11) is 0. The summed E-state index contributed by atoms with van der Waals surface area (Å²) in [6, 6.07) is 47.1. The van der Waals surface area contributed by atoms with Crippen LogP contribution in [-0.2, 0) is 5.41 Å². The molecule has 6 aromatic carbocycles. The molecule has 1 aromatic heterocycles. The summed E-state index contributed by atoms with van der Waals surface area (Å²) in [5, 5.41) is 5.16. The van der Waals surface area contributed by atoms with E-state index < -0.39 is 0 Å². The van der Waals surface area contributed by atoms with Crippen LogP contribution in [0, 0.1) is 6.92 Å². The van der Waals surface area contributed by atoms with E-state index in [1.54, 1.807) is 0 Å². The van der Waals surface area contributed by atoms with Crippen molar-refractivity contribution in [3.05, 3.63) is 179 Å². The maximum atomic E-state index is 4.16. The lowest BCUT2D eigenvalue weighted by Crippen LogP contribution is -2.24. The highest BCUT2D eigenvalue weighted by Crippen LogP contribution is 2.47. The van der Waals surface area contributed by atoms with E-state index in [0.717, 1.165) is 6.42 Å². The zero-order valence-electron chi connectivity index (χ0n) is 28.1. The lowest BCUT2D eigenvalue weighted by molar-refractivity contribution is 0.516. The van der Waals surface area contributed by atoms with Gasteiger partial charge in [-0.25, -0.2) is 0 Å². The van der Waals surface area contributed by atoms with E-state index >= 15 is 0 Å². The number of halogens is 1. The molecular weight excluding hydrogens is 658 g/mol. The first-order chi connectivity index (χ1) is 23.9. The Bertz CT molecular complexity index is 2530. The van der Waals surface area contributed by atoms with Gasteiger partial charge in [0.05, 0.1) is 11.0 Å². The predicted octanol–water partition coefficient (Wildman–Crippen LogP) is 13.3. The number of fused-ring (bicyclic) bond motifs is 7. The number of alkyl halides is 1. The quantitative estimate of drug-likeness (QED) is 0.158. The molecule has 0 bridgehead atoms. The van der Waals surface area contributed by atoms with Crippen LogP contribution >= 0.6 is 15.9 Å². The van der Waals surface area contributed by atoms with E-state index in [1.165, 1.54) is 82.8 Å². The van der Waals surface area contributed by atoms with E-state index in [9.17, 15) is 0 Å². The van der Waals surface area contributed by atoms with Crippen LogP contribution in [0.4, 0.5) is 0 Å². The second-order valence-corrected chi connectivity index (χ2v) is 15.2. The summed E-state index contributed by atoms with van der Waals surface area (Å²) in [5.41, 5.74) is 14.3. The van der Waals surface area contributed by atoms with E-state index in [0.29, 0.717) is 5.92 Å². The summed E-state index contributed by atoms with van der Waals surface area (Å²) in [4.78, 5) is 0.163. The Labute approximate surface area is 297 Å². The fourth-order valence-electron chi connectivity index (χ4n) is 8.49. The smallest absolute Gasteiger partial charge is 0.0541 e. The molecule has 2 unspecified atom stereocenters. The average molecular weight is 697 g/mol. The van der Waals surface area contributed by atoms with Gasteiger partial charge < -0.3 is 4.57 Å². The number of para-hydroxylation sites is 1. The molecule has 0 radical (unpaired) electrons. The van der Waals surface area contributed by atoms with Crippen molar-refractivity contribution in [2.75, 3.05) is 0 Å². The van der Waals surface area contributed by atoms with Gasteiger partial charge in [-0.1, -0.05) is 157 Å². The Kier molecular flexibility index (Phi) is 7.14. The topological polar surface area (TPSA) is 4.93 Å². The van der Waals surface area contributed by atoms with Crippen LogP contribution < -0.4 is 0 Å². The molecule has 2 heteroatoms. The molecule has 0 fully saturated rings. The third-order valence-corrected chi connectivity index (χ3v) is 12.7. The molecule has 0 saturated carbocycles. The molecule has 9 rings (SSSR count). The molecule has 238 valence electrons. The van der Waals surface area contributed by atoms with Gasteiger partial charge in [-0.3, -0.25) is 0 Å².